The molecule has 11 rings (SSSR count). The van der Waals surface area contributed by atoms with Gasteiger partial charge in [-0.25, -0.2) is 19.9 Å². The van der Waals surface area contributed by atoms with Crippen LogP contribution in [0.5, 0.6) is 11.5 Å². The van der Waals surface area contributed by atoms with Crippen molar-refractivity contribution in [2.45, 2.75) is 58.0 Å². The van der Waals surface area contributed by atoms with E-state index in [-0.39, 0.29) is 23.9 Å². The minimum Gasteiger partial charge on any atom is -0.495 e. The summed E-state index contributed by atoms with van der Waals surface area (Å²) in [6, 6.07) is 13.0. The Morgan fingerprint density at radius 2 is 1.14 bits per heavy atom. The highest BCUT2D eigenvalue weighted by atomic mass is 32.1. The lowest BCUT2D eigenvalue weighted by Gasteiger charge is -2.28. The summed E-state index contributed by atoms with van der Waals surface area (Å²) in [4.78, 5) is 54.3. The summed E-state index contributed by atoms with van der Waals surface area (Å²) in [5, 5.41) is 3.98. The number of carbonyl (C=O) groups is 2. The van der Waals surface area contributed by atoms with Gasteiger partial charge >= 0.3 is 0 Å². The second-order valence-electron chi connectivity index (χ2n) is 20.0. The molecule has 9 heterocycles. The fourth-order valence-corrected chi connectivity index (χ4v) is 13.2. The molecule has 6 aromatic heterocycles. The van der Waals surface area contributed by atoms with Gasteiger partial charge in [0.25, 0.3) is 11.8 Å². The number of methoxy groups -OCH3 is 2. The van der Waals surface area contributed by atoms with Crippen LogP contribution in [-0.4, -0.2) is 141 Å². The van der Waals surface area contributed by atoms with Crippen LogP contribution in [-0.2, 0) is 9.59 Å². The number of ether oxygens (including phenoxy) is 2. The van der Waals surface area contributed by atoms with Gasteiger partial charge in [0.05, 0.1) is 46.5 Å². The number of aromatic nitrogens is 6. The number of thiophene rings is 2. The first-order valence-corrected chi connectivity index (χ1v) is 26.5. The predicted octanol–water partition coefficient (Wildman–Crippen LogP) is 9.13. The number of likely N-dealkylation sites (N-methyl/N-ethyl adjacent to an activating group) is 1. The van der Waals surface area contributed by atoms with E-state index in [9.17, 15) is 9.59 Å². The lowest BCUT2D eigenvalue weighted by molar-refractivity contribution is -0.127. The number of nitrogen functional groups attached to an aromatic ring is 2. The molecule has 0 saturated carbocycles. The summed E-state index contributed by atoms with van der Waals surface area (Å²) >= 11 is 3.36. The van der Waals surface area contributed by atoms with Gasteiger partial charge in [-0.05, 0) is 113 Å². The average molecular weight is 1020 g/mol. The fraction of sp³-hybridized carbons (Fsp3) is 0.382. The Morgan fingerprint density at radius 1 is 0.671 bits per heavy atom. The first-order chi connectivity index (χ1) is 35.2. The van der Waals surface area contributed by atoms with E-state index in [4.69, 9.17) is 20.9 Å². The van der Waals surface area contributed by atoms with Gasteiger partial charge < -0.3 is 44.8 Å². The van der Waals surface area contributed by atoms with Crippen LogP contribution in [0.2, 0.25) is 0 Å². The number of anilines is 2. The van der Waals surface area contributed by atoms with Crippen LogP contribution in [0, 0.1) is 13.8 Å². The quantitative estimate of drug-likeness (QED) is 0.111. The molecule has 4 N–H and O–H groups in total. The van der Waals surface area contributed by atoms with Crippen molar-refractivity contribution >= 4 is 88.4 Å². The smallest absolute Gasteiger partial charge is 0.250 e. The van der Waals surface area contributed by atoms with Crippen molar-refractivity contribution in [1.29, 1.82) is 0 Å². The maximum atomic E-state index is 13.3. The number of hydrogen-bond acceptors (Lipinski definition) is 14. The van der Waals surface area contributed by atoms with Crippen molar-refractivity contribution in [3.05, 3.63) is 96.9 Å². The van der Waals surface area contributed by atoms with E-state index >= 15 is 0 Å². The molecule has 3 fully saturated rings. The van der Waals surface area contributed by atoms with Crippen molar-refractivity contribution in [1.82, 2.24) is 48.7 Å². The molecule has 16 nitrogen and oxygen atoms in total. The van der Waals surface area contributed by atoms with E-state index < -0.39 is 0 Å². The van der Waals surface area contributed by atoms with Crippen molar-refractivity contribution in [3.63, 3.8) is 0 Å². The molecule has 2 atom stereocenters. The van der Waals surface area contributed by atoms with Crippen LogP contribution in [0.1, 0.15) is 55.3 Å². The molecule has 0 spiro atoms. The highest BCUT2D eigenvalue weighted by Gasteiger charge is 2.33. The molecular formula is C55H64N12O4S2. The Kier molecular flexibility index (Phi) is 14.0. The van der Waals surface area contributed by atoms with Crippen molar-refractivity contribution < 1.29 is 19.1 Å². The number of nitrogens with zero attached hydrogens (tertiary/aromatic N) is 10. The van der Waals surface area contributed by atoms with Gasteiger partial charge in [-0.15, -0.1) is 22.7 Å². The van der Waals surface area contributed by atoms with E-state index in [0.717, 1.165) is 112 Å². The molecule has 73 heavy (non-hydrogen) atoms. The van der Waals surface area contributed by atoms with Crippen molar-refractivity contribution in [3.8, 4) is 32.4 Å². The zero-order chi connectivity index (χ0) is 51.2. The van der Waals surface area contributed by atoms with Gasteiger partial charge in [-0.1, -0.05) is 31.7 Å². The van der Waals surface area contributed by atoms with Crippen LogP contribution < -0.4 is 20.9 Å². The molecule has 3 aliphatic rings. The van der Waals surface area contributed by atoms with Gasteiger partial charge in [-0.2, -0.15) is 0 Å². The maximum absolute atomic E-state index is 13.3. The van der Waals surface area contributed by atoms with Crippen LogP contribution in [0.4, 0.5) is 11.6 Å². The number of benzene rings is 2. The maximum Gasteiger partial charge on any atom is 0.250 e. The third-order valence-corrected chi connectivity index (χ3v) is 16.8. The van der Waals surface area contributed by atoms with Crippen LogP contribution >= 0.6 is 22.7 Å². The number of nitrogens with two attached hydrogens (primary N) is 2. The zero-order valence-electron chi connectivity index (χ0n) is 42.6. The molecule has 3 aliphatic heterocycles. The van der Waals surface area contributed by atoms with E-state index in [1.165, 1.54) is 31.9 Å². The zero-order valence-corrected chi connectivity index (χ0v) is 44.2. The van der Waals surface area contributed by atoms with E-state index in [2.05, 4.69) is 110 Å². The number of amides is 2. The largest absolute Gasteiger partial charge is 0.495 e. The number of likely N-dealkylation sites (tertiary alicyclic amines) is 3. The molecule has 0 aliphatic carbocycles. The highest BCUT2D eigenvalue weighted by molar-refractivity contribution is 7.23. The molecule has 3 saturated heterocycles. The minimum absolute atomic E-state index is 0.0130. The van der Waals surface area contributed by atoms with Crippen molar-refractivity contribution in [2.24, 2.45) is 0 Å². The molecule has 18 heteroatoms. The van der Waals surface area contributed by atoms with Gasteiger partial charge in [0.15, 0.2) is 0 Å². The lowest BCUT2D eigenvalue weighted by atomic mass is 10.1. The lowest BCUT2D eigenvalue weighted by Crippen LogP contribution is -2.37. The summed E-state index contributed by atoms with van der Waals surface area (Å²) < 4.78 is 17.9. The third kappa shape index (κ3) is 9.76. The van der Waals surface area contributed by atoms with Gasteiger partial charge in [0.2, 0.25) is 0 Å². The molecule has 0 radical (unpaired) electrons. The first-order valence-electron chi connectivity index (χ1n) is 24.9. The number of carbonyl (C=O) groups excluding carboxylic acids is 2. The van der Waals surface area contributed by atoms with E-state index in [1.54, 1.807) is 36.9 Å². The van der Waals surface area contributed by atoms with Gasteiger partial charge in [0, 0.05) is 83.7 Å². The summed E-state index contributed by atoms with van der Waals surface area (Å²) in [7, 11) is 7.28. The SMILES string of the molecule is C=C(CN(C)C)C(=O)N1CC[C@H](n2cc(-c3cc4cc(C)cc(OC)c4s3)c3c(N)ncnc32)C1.C=C(CN1CCCCC1)C(=O)N1CC[C@H](n2cc(-c3cc4cc(C)cc(OC)c4s3)c3c(N)ncnc32)C1. The average Bonchev–Trinajstić information content (AvgIpc) is 4.24. The summed E-state index contributed by atoms with van der Waals surface area (Å²) in [5.74, 6) is 2.74. The molecule has 0 unspecified atom stereocenters. The summed E-state index contributed by atoms with van der Waals surface area (Å²) in [6.45, 7) is 18.2. The Balaban J connectivity index is 0.000000168. The minimum atomic E-state index is 0.0130. The van der Waals surface area contributed by atoms with Crippen LogP contribution in [0.3, 0.4) is 0 Å². The predicted molar refractivity (Wildman–Crippen MR) is 296 cm³/mol. The second kappa shape index (κ2) is 20.6. The Labute approximate surface area is 433 Å². The molecule has 8 aromatic rings. The van der Waals surface area contributed by atoms with E-state index in [1.807, 2.05) is 28.8 Å². The van der Waals surface area contributed by atoms with Crippen LogP contribution in [0.25, 0.3) is 63.1 Å². The van der Waals surface area contributed by atoms with Gasteiger partial charge in [-0.3, -0.25) is 14.5 Å². The fourth-order valence-electron chi connectivity index (χ4n) is 10.9. The van der Waals surface area contributed by atoms with E-state index in [0.29, 0.717) is 62.1 Å². The highest BCUT2D eigenvalue weighted by Crippen LogP contribution is 2.46. The summed E-state index contributed by atoms with van der Waals surface area (Å²) in [6.07, 6.45) is 12.7. The first kappa shape index (κ1) is 49.7. The number of hydrogen-bond donors (Lipinski definition) is 2. The molecular weight excluding hydrogens is 957 g/mol. The molecule has 380 valence electrons. The van der Waals surface area contributed by atoms with Crippen molar-refractivity contribution in [2.75, 3.05) is 92.1 Å². The second-order valence-corrected chi connectivity index (χ2v) is 22.1. The Morgan fingerprint density at radius 3 is 1.59 bits per heavy atom. The van der Waals surface area contributed by atoms with Crippen LogP contribution in [0.15, 0.2) is 85.8 Å². The Hall–Kier alpha value is -6.86. The molecule has 2 aromatic carbocycles. The number of fused-ring (bicyclic) bond motifs is 4. The topological polar surface area (TPSA) is 179 Å². The summed E-state index contributed by atoms with van der Waals surface area (Å²) in [5.41, 5.74) is 20.0. The number of rotatable bonds is 12. The standard InChI is InChI=1S/C29H34N6O2S.C26H30N6O2S/c1-18-11-20-13-24(38-26(20)23(12-18)37-3)22-16-35(28-25(22)27(30)31-17-32-28)21-7-10-34(15-21)29(36)19(2)14-33-8-5-4-6-9-33;1-15-8-17-10-21(35-23(17)20(9-15)34-5)19-13-32(25-22(19)24(27)28-14-29-25)18-6-7-31(12-18)26(33)16(2)11-30(3)4/h11-13,16-17,21H,2,4-10,14-15H2,1,3H3,(H2,30,31,32);8-10,13-14,18H,2,6-7,11-12H2,1,3-5H3,(H2,27,28,29)/t21-;18-/m00/s1. The number of aryl methyl sites for hydroxylation is 2. The van der Waals surface area contributed by atoms with Gasteiger partial charge in [0.1, 0.15) is 47.1 Å². The Bertz CT molecular complexity index is 3440. The molecule has 2 amide bonds. The monoisotopic (exact) mass is 1020 g/mol. The third-order valence-electron chi connectivity index (χ3n) is 14.4. The normalized spacial score (nSPS) is 17.3. The molecule has 0 bridgehead atoms. The number of piperidine rings is 1.